The average molecular weight is 410 g/mol. The molecule has 3 amide bonds. The SMILES string of the molecule is Cc1nnsc1C(=O)NCCNC(=O)C1(C)Oc2ccc(Cl)cc2NC1=O. The van der Waals surface area contributed by atoms with Crippen LogP contribution in [0.3, 0.4) is 0 Å². The smallest absolute Gasteiger partial charge is 0.278 e. The van der Waals surface area contributed by atoms with Crippen LogP contribution in [0.25, 0.3) is 0 Å². The molecule has 27 heavy (non-hydrogen) atoms. The van der Waals surface area contributed by atoms with E-state index in [1.54, 1.807) is 19.1 Å². The molecule has 2 heterocycles. The van der Waals surface area contributed by atoms with Gasteiger partial charge in [-0.05, 0) is 43.6 Å². The topological polar surface area (TPSA) is 122 Å². The minimum atomic E-state index is -1.73. The number of benzene rings is 1. The summed E-state index contributed by atoms with van der Waals surface area (Å²) in [5.41, 5.74) is -0.790. The van der Waals surface area contributed by atoms with Crippen molar-refractivity contribution in [3.8, 4) is 5.75 Å². The van der Waals surface area contributed by atoms with E-state index in [0.29, 0.717) is 27.0 Å². The second-order valence-electron chi connectivity index (χ2n) is 5.93. The Kier molecular flexibility index (Phi) is 5.29. The zero-order valence-corrected chi connectivity index (χ0v) is 16.0. The molecular weight excluding hydrogens is 394 g/mol. The van der Waals surface area contributed by atoms with Gasteiger partial charge in [0.1, 0.15) is 10.6 Å². The molecule has 0 spiro atoms. The maximum atomic E-state index is 12.5. The lowest BCUT2D eigenvalue weighted by atomic mass is 10.0. The number of anilines is 1. The van der Waals surface area contributed by atoms with Gasteiger partial charge in [-0.3, -0.25) is 14.4 Å². The summed E-state index contributed by atoms with van der Waals surface area (Å²) >= 11 is 6.88. The molecule has 0 fully saturated rings. The molecule has 11 heteroatoms. The first-order chi connectivity index (χ1) is 12.8. The molecule has 1 aromatic heterocycles. The number of hydrogen-bond donors (Lipinski definition) is 3. The van der Waals surface area contributed by atoms with E-state index >= 15 is 0 Å². The molecule has 142 valence electrons. The second kappa shape index (κ2) is 7.49. The number of fused-ring (bicyclic) bond motifs is 1. The molecular formula is C16H16ClN5O4S. The number of halogens is 1. The van der Waals surface area contributed by atoms with E-state index in [2.05, 4.69) is 25.5 Å². The highest BCUT2D eigenvalue weighted by molar-refractivity contribution is 7.08. The first-order valence-corrected chi connectivity index (χ1v) is 9.12. The molecule has 0 aliphatic carbocycles. The number of amides is 3. The lowest BCUT2D eigenvalue weighted by Crippen LogP contribution is -2.59. The predicted molar refractivity (Wildman–Crippen MR) is 99.1 cm³/mol. The maximum Gasteiger partial charge on any atom is 0.278 e. The number of nitrogens with one attached hydrogen (secondary N) is 3. The number of ether oxygens (including phenoxy) is 1. The van der Waals surface area contributed by atoms with Crippen LogP contribution < -0.4 is 20.7 Å². The molecule has 1 aromatic carbocycles. The normalized spacial score (nSPS) is 18.1. The van der Waals surface area contributed by atoms with Crippen molar-refractivity contribution in [1.82, 2.24) is 20.2 Å². The third kappa shape index (κ3) is 3.86. The number of carbonyl (C=O) groups excluding carboxylic acids is 3. The van der Waals surface area contributed by atoms with Gasteiger partial charge in [0.05, 0.1) is 11.4 Å². The van der Waals surface area contributed by atoms with Crippen LogP contribution in [-0.2, 0) is 9.59 Å². The van der Waals surface area contributed by atoms with Crippen LogP contribution in [-0.4, -0.2) is 46.0 Å². The first-order valence-electron chi connectivity index (χ1n) is 7.97. The van der Waals surface area contributed by atoms with Crippen molar-refractivity contribution in [1.29, 1.82) is 0 Å². The quantitative estimate of drug-likeness (QED) is 0.502. The van der Waals surface area contributed by atoms with Crippen molar-refractivity contribution in [2.75, 3.05) is 18.4 Å². The van der Waals surface area contributed by atoms with Gasteiger partial charge in [0.25, 0.3) is 23.3 Å². The van der Waals surface area contributed by atoms with Crippen molar-refractivity contribution in [3.63, 3.8) is 0 Å². The maximum absolute atomic E-state index is 12.5. The monoisotopic (exact) mass is 409 g/mol. The van der Waals surface area contributed by atoms with E-state index in [1.807, 2.05) is 0 Å². The van der Waals surface area contributed by atoms with Gasteiger partial charge < -0.3 is 20.7 Å². The molecule has 3 N–H and O–H groups in total. The van der Waals surface area contributed by atoms with E-state index in [-0.39, 0.29) is 19.0 Å². The minimum Gasteiger partial charge on any atom is -0.466 e. The fourth-order valence-corrected chi connectivity index (χ4v) is 3.13. The molecule has 1 aliphatic rings. The van der Waals surface area contributed by atoms with Gasteiger partial charge in [-0.1, -0.05) is 16.1 Å². The fourth-order valence-electron chi connectivity index (χ4n) is 2.39. The van der Waals surface area contributed by atoms with Crippen LogP contribution in [0.1, 0.15) is 22.3 Å². The Morgan fingerprint density at radius 1 is 1.33 bits per heavy atom. The highest BCUT2D eigenvalue weighted by Crippen LogP contribution is 2.35. The van der Waals surface area contributed by atoms with Gasteiger partial charge in [-0.15, -0.1) is 5.10 Å². The number of hydrogen-bond acceptors (Lipinski definition) is 7. The predicted octanol–water partition coefficient (Wildman–Crippen LogP) is 1.14. The Hall–Kier alpha value is -2.72. The third-order valence-corrected chi connectivity index (χ3v) is 4.99. The molecule has 1 atom stereocenters. The zero-order chi connectivity index (χ0) is 19.6. The van der Waals surface area contributed by atoms with Crippen molar-refractivity contribution in [3.05, 3.63) is 33.8 Å². The standard InChI is InChI=1S/C16H16ClN5O4S/c1-8-12(27-22-21-8)13(23)18-5-6-19-14(24)16(2)15(25)20-10-7-9(17)3-4-11(10)26-16/h3-4,7H,5-6H2,1-2H3,(H,18,23)(H,19,24)(H,20,25). The van der Waals surface area contributed by atoms with Crippen molar-refractivity contribution >= 4 is 46.5 Å². The summed E-state index contributed by atoms with van der Waals surface area (Å²) in [7, 11) is 0. The van der Waals surface area contributed by atoms with Crippen molar-refractivity contribution < 1.29 is 19.1 Å². The molecule has 1 aliphatic heterocycles. The van der Waals surface area contributed by atoms with E-state index < -0.39 is 17.4 Å². The lowest BCUT2D eigenvalue weighted by Gasteiger charge is -2.33. The Morgan fingerprint density at radius 2 is 2.07 bits per heavy atom. The van der Waals surface area contributed by atoms with Gasteiger partial charge in [0.2, 0.25) is 0 Å². The first kappa shape index (κ1) is 19.1. The molecule has 2 aromatic rings. The van der Waals surface area contributed by atoms with E-state index in [1.165, 1.54) is 13.0 Å². The minimum absolute atomic E-state index is 0.121. The highest BCUT2D eigenvalue weighted by Gasteiger charge is 2.47. The average Bonchev–Trinajstić information content (AvgIpc) is 3.05. The lowest BCUT2D eigenvalue weighted by molar-refractivity contribution is -0.146. The second-order valence-corrected chi connectivity index (χ2v) is 7.12. The number of nitrogens with zero attached hydrogens (tertiary/aromatic N) is 2. The van der Waals surface area contributed by atoms with Gasteiger partial charge >= 0.3 is 0 Å². The van der Waals surface area contributed by atoms with E-state index in [9.17, 15) is 14.4 Å². The van der Waals surface area contributed by atoms with Crippen LogP contribution in [0.15, 0.2) is 18.2 Å². The van der Waals surface area contributed by atoms with Crippen LogP contribution >= 0.6 is 23.1 Å². The third-order valence-electron chi connectivity index (χ3n) is 3.92. The fraction of sp³-hybridized carbons (Fsp3) is 0.312. The Bertz CT molecular complexity index is 918. The number of aryl methyl sites for hydroxylation is 1. The summed E-state index contributed by atoms with van der Waals surface area (Å²) in [6.45, 7) is 3.35. The summed E-state index contributed by atoms with van der Waals surface area (Å²) in [6.07, 6.45) is 0. The van der Waals surface area contributed by atoms with Crippen LogP contribution in [0.5, 0.6) is 5.75 Å². The van der Waals surface area contributed by atoms with Crippen LogP contribution in [0.2, 0.25) is 5.02 Å². The van der Waals surface area contributed by atoms with Gasteiger partial charge in [-0.2, -0.15) is 0 Å². The summed E-state index contributed by atoms with van der Waals surface area (Å²) in [4.78, 5) is 37.2. The van der Waals surface area contributed by atoms with Crippen LogP contribution in [0, 0.1) is 6.92 Å². The molecule has 0 saturated carbocycles. The Morgan fingerprint density at radius 3 is 2.78 bits per heavy atom. The van der Waals surface area contributed by atoms with Gasteiger partial charge in [0, 0.05) is 18.1 Å². The van der Waals surface area contributed by atoms with Crippen molar-refractivity contribution in [2.45, 2.75) is 19.4 Å². The van der Waals surface area contributed by atoms with Crippen molar-refractivity contribution in [2.24, 2.45) is 0 Å². The molecule has 0 bridgehead atoms. The summed E-state index contributed by atoms with van der Waals surface area (Å²) in [5, 5.41) is 12.1. The molecule has 9 nitrogen and oxygen atoms in total. The molecule has 1 unspecified atom stereocenters. The number of carbonyl (C=O) groups is 3. The Balaban J connectivity index is 1.56. The van der Waals surface area contributed by atoms with Gasteiger partial charge in [-0.25, -0.2) is 0 Å². The largest absolute Gasteiger partial charge is 0.466 e. The van der Waals surface area contributed by atoms with Crippen LogP contribution in [0.4, 0.5) is 5.69 Å². The summed E-state index contributed by atoms with van der Waals surface area (Å²) < 4.78 is 9.31. The van der Waals surface area contributed by atoms with E-state index in [4.69, 9.17) is 16.3 Å². The zero-order valence-electron chi connectivity index (χ0n) is 14.5. The summed E-state index contributed by atoms with van der Waals surface area (Å²) in [5.74, 6) is -1.20. The molecule has 0 saturated heterocycles. The van der Waals surface area contributed by atoms with E-state index in [0.717, 1.165) is 11.5 Å². The molecule has 3 rings (SSSR count). The van der Waals surface area contributed by atoms with Gasteiger partial charge in [0.15, 0.2) is 0 Å². The number of aromatic nitrogens is 2. The number of rotatable bonds is 5. The highest BCUT2D eigenvalue weighted by atomic mass is 35.5. The molecule has 0 radical (unpaired) electrons. The Labute approximate surface area is 163 Å². The summed E-state index contributed by atoms with van der Waals surface area (Å²) in [6, 6.07) is 4.72.